The summed E-state index contributed by atoms with van der Waals surface area (Å²) in [7, 11) is -4.30. The van der Waals surface area contributed by atoms with Gasteiger partial charge in [0.05, 0.1) is 4.88 Å². The van der Waals surface area contributed by atoms with E-state index >= 15 is 0 Å². The Kier molecular flexibility index (Phi) is 5.85. The van der Waals surface area contributed by atoms with E-state index in [1.807, 2.05) is 0 Å². The van der Waals surface area contributed by atoms with Gasteiger partial charge in [0.15, 0.2) is 0 Å². The Hall–Kier alpha value is -2.74. The molecular formula is C20H17F3N2O6S2. The number of thiophene rings is 1. The molecule has 2 heterocycles. The second-order valence-corrected chi connectivity index (χ2v) is 10.5. The first-order valence-electron chi connectivity index (χ1n) is 9.57. The molecule has 1 aromatic carbocycles. The number of hydrogen-bond acceptors (Lipinski definition) is 7. The Morgan fingerprint density at radius 1 is 1.27 bits per heavy atom. The summed E-state index contributed by atoms with van der Waals surface area (Å²) in [4.78, 5) is 12.1. The van der Waals surface area contributed by atoms with Gasteiger partial charge in [0.2, 0.25) is 5.76 Å². The van der Waals surface area contributed by atoms with E-state index in [4.69, 9.17) is 5.11 Å². The first-order valence-corrected chi connectivity index (χ1v) is 11.9. The number of rotatable bonds is 8. The van der Waals surface area contributed by atoms with Crippen molar-refractivity contribution < 1.29 is 41.1 Å². The van der Waals surface area contributed by atoms with Gasteiger partial charge in [-0.2, -0.15) is 17.9 Å². The van der Waals surface area contributed by atoms with Crippen LogP contribution in [-0.4, -0.2) is 41.9 Å². The molecule has 176 valence electrons. The van der Waals surface area contributed by atoms with Crippen LogP contribution >= 0.6 is 11.3 Å². The molecule has 4 rings (SSSR count). The summed E-state index contributed by atoms with van der Waals surface area (Å²) in [5.74, 6) is -3.28. The number of sulfonamides is 1. The lowest BCUT2D eigenvalue weighted by Gasteiger charge is -2.15. The molecule has 0 bridgehead atoms. The molecule has 0 amide bonds. The summed E-state index contributed by atoms with van der Waals surface area (Å²) in [6.45, 7) is -0.0818. The third-order valence-corrected chi connectivity index (χ3v) is 8.41. The van der Waals surface area contributed by atoms with Gasteiger partial charge in [-0.05, 0) is 36.1 Å². The van der Waals surface area contributed by atoms with Crippen LogP contribution in [0.15, 0.2) is 51.2 Å². The predicted molar refractivity (Wildman–Crippen MR) is 110 cm³/mol. The number of benzene rings is 1. The fraction of sp³-hybridized carbons (Fsp3) is 0.300. The van der Waals surface area contributed by atoms with Crippen LogP contribution < -0.4 is 4.72 Å². The fourth-order valence-electron chi connectivity index (χ4n) is 3.57. The van der Waals surface area contributed by atoms with Crippen LogP contribution in [0, 0.1) is 0 Å². The van der Waals surface area contributed by atoms with Gasteiger partial charge in [-0.3, -0.25) is 4.79 Å². The van der Waals surface area contributed by atoms with Crippen molar-refractivity contribution in [2.75, 3.05) is 6.61 Å². The topological polar surface area (TPSA) is 130 Å². The molecule has 0 saturated heterocycles. The van der Waals surface area contributed by atoms with E-state index in [1.54, 1.807) is 24.3 Å². The highest BCUT2D eigenvalue weighted by molar-refractivity contribution is 7.91. The lowest BCUT2D eigenvalue weighted by atomic mass is 10.0. The van der Waals surface area contributed by atoms with Crippen molar-refractivity contribution in [3.8, 4) is 10.6 Å². The number of nitrogens with zero attached hydrogens (tertiary/aromatic N) is 1. The number of aliphatic carboxylic acids is 1. The van der Waals surface area contributed by atoms with Crippen LogP contribution in [0.5, 0.6) is 0 Å². The highest BCUT2D eigenvalue weighted by Gasteiger charge is 2.63. The minimum Gasteiger partial charge on any atom is -0.480 e. The molecule has 33 heavy (non-hydrogen) atoms. The fourth-order valence-corrected chi connectivity index (χ4v) is 6.23. The Morgan fingerprint density at radius 2 is 2.03 bits per heavy atom. The quantitative estimate of drug-likeness (QED) is 0.431. The maximum atomic E-state index is 12.9. The first kappa shape index (κ1) is 23.4. The number of carboxylic acid groups (broad SMARTS) is 1. The van der Waals surface area contributed by atoms with Crippen molar-refractivity contribution in [3.63, 3.8) is 0 Å². The van der Waals surface area contributed by atoms with Crippen molar-refractivity contribution in [2.45, 2.75) is 34.7 Å². The average Bonchev–Trinajstić information content (AvgIpc) is 3.11. The Labute approximate surface area is 189 Å². The zero-order chi connectivity index (χ0) is 24.0. The lowest BCUT2D eigenvalue weighted by molar-refractivity contribution is -0.155. The minimum atomic E-state index is -4.73. The minimum absolute atomic E-state index is 0.0284. The van der Waals surface area contributed by atoms with Gasteiger partial charge in [0.25, 0.3) is 10.0 Å². The van der Waals surface area contributed by atoms with E-state index in [9.17, 15) is 31.5 Å². The molecular weight excluding hydrogens is 485 g/mol. The third-order valence-electron chi connectivity index (χ3n) is 5.30. The van der Waals surface area contributed by atoms with E-state index < -0.39 is 39.4 Å². The number of aromatic nitrogens is 1. The van der Waals surface area contributed by atoms with Crippen LogP contribution in [-0.2, 0) is 27.4 Å². The van der Waals surface area contributed by atoms with Crippen molar-refractivity contribution >= 4 is 27.3 Å². The molecule has 1 aliphatic carbocycles. The van der Waals surface area contributed by atoms with Gasteiger partial charge in [0.1, 0.15) is 15.4 Å². The molecule has 0 aliphatic heterocycles. The number of carbonyl (C=O) groups is 1. The van der Waals surface area contributed by atoms with Crippen LogP contribution in [0.25, 0.3) is 10.6 Å². The Morgan fingerprint density at radius 3 is 2.67 bits per heavy atom. The van der Waals surface area contributed by atoms with Gasteiger partial charge in [0, 0.05) is 18.6 Å². The summed E-state index contributed by atoms with van der Waals surface area (Å²) in [5.41, 5.74) is -0.525. The van der Waals surface area contributed by atoms with Crippen LogP contribution in [0.3, 0.4) is 0 Å². The van der Waals surface area contributed by atoms with E-state index in [2.05, 4.69) is 14.4 Å². The lowest BCUT2D eigenvalue weighted by Crippen LogP contribution is -2.44. The largest absolute Gasteiger partial charge is 0.480 e. The summed E-state index contributed by atoms with van der Waals surface area (Å²) in [6.07, 6.45) is -4.33. The average molecular weight is 502 g/mol. The molecule has 2 unspecified atom stereocenters. The molecule has 8 nitrogen and oxygen atoms in total. The first-order chi connectivity index (χ1) is 15.5. The van der Waals surface area contributed by atoms with Gasteiger partial charge in [-0.25, -0.2) is 8.42 Å². The van der Waals surface area contributed by atoms with Crippen molar-refractivity contribution in [1.82, 2.24) is 9.88 Å². The number of aliphatic hydroxyl groups excluding tert-OH is 1. The van der Waals surface area contributed by atoms with E-state index in [-0.39, 0.29) is 27.8 Å². The van der Waals surface area contributed by atoms with Gasteiger partial charge < -0.3 is 14.7 Å². The molecule has 1 saturated carbocycles. The molecule has 3 aromatic rings. The van der Waals surface area contributed by atoms with Crippen LogP contribution in [0.2, 0.25) is 0 Å². The SMILES string of the molecule is O=C(O)C1(NS(=O)(=O)c2ccc(-c3cc(C(F)(F)F)on3)s2)CC1c1cccc(CCO)c1. The summed E-state index contributed by atoms with van der Waals surface area (Å²) >= 11 is 0.642. The number of nitrogens with one attached hydrogen (secondary N) is 1. The highest BCUT2D eigenvalue weighted by Crippen LogP contribution is 2.52. The number of hydrogen-bond donors (Lipinski definition) is 3. The molecule has 0 spiro atoms. The van der Waals surface area contributed by atoms with Gasteiger partial charge in [-0.15, -0.1) is 11.3 Å². The van der Waals surface area contributed by atoms with Crippen LogP contribution in [0.4, 0.5) is 13.2 Å². The van der Waals surface area contributed by atoms with E-state index in [1.165, 1.54) is 12.1 Å². The van der Waals surface area contributed by atoms with Crippen molar-refractivity contribution in [3.05, 3.63) is 59.4 Å². The van der Waals surface area contributed by atoms with E-state index in [0.717, 1.165) is 5.56 Å². The second-order valence-electron chi connectivity index (χ2n) is 7.55. The monoisotopic (exact) mass is 502 g/mol. The molecule has 2 aromatic heterocycles. The Balaban J connectivity index is 1.57. The maximum absolute atomic E-state index is 12.9. The van der Waals surface area contributed by atoms with Gasteiger partial charge >= 0.3 is 12.1 Å². The third kappa shape index (κ3) is 4.53. The maximum Gasteiger partial charge on any atom is 0.452 e. The molecule has 0 radical (unpaired) electrons. The second kappa shape index (κ2) is 8.24. The number of aliphatic hydroxyl groups is 1. The molecule has 13 heteroatoms. The summed E-state index contributed by atoms with van der Waals surface area (Å²) < 4.78 is 70.3. The normalized spacial score (nSPS) is 20.7. The molecule has 3 N–H and O–H groups in total. The zero-order valence-electron chi connectivity index (χ0n) is 16.7. The molecule has 2 atom stereocenters. The Bertz CT molecular complexity index is 1300. The number of carboxylic acids is 1. The standard InChI is InChI=1S/C20H17F3N2O6S2/c21-20(22,23)16-9-14(24-31-16)15-4-5-17(32-15)33(29,30)25-19(18(27)28)10-13(19)12-3-1-2-11(8-12)6-7-26/h1-5,8-9,13,25-26H,6-7,10H2,(H,27,28). The van der Waals surface area contributed by atoms with Crippen LogP contribution in [0.1, 0.15) is 29.2 Å². The van der Waals surface area contributed by atoms with E-state index in [0.29, 0.717) is 29.4 Å². The summed E-state index contributed by atoms with van der Waals surface area (Å²) in [6, 6.07) is 9.99. The molecule has 1 aliphatic rings. The molecule has 1 fully saturated rings. The van der Waals surface area contributed by atoms with Crippen molar-refractivity contribution in [1.29, 1.82) is 0 Å². The van der Waals surface area contributed by atoms with Gasteiger partial charge in [-0.1, -0.05) is 29.4 Å². The summed E-state index contributed by atoms with van der Waals surface area (Å²) in [5, 5.41) is 22.2. The predicted octanol–water partition coefficient (Wildman–Crippen LogP) is 3.25. The number of alkyl halides is 3. The number of halogens is 3. The zero-order valence-corrected chi connectivity index (χ0v) is 18.3. The smallest absolute Gasteiger partial charge is 0.452 e. The highest BCUT2D eigenvalue weighted by atomic mass is 32.2. The van der Waals surface area contributed by atoms with Crippen molar-refractivity contribution in [2.24, 2.45) is 0 Å².